The van der Waals surface area contributed by atoms with Crippen LogP contribution in [0.1, 0.15) is 24.5 Å². The summed E-state index contributed by atoms with van der Waals surface area (Å²) in [5, 5.41) is 17.4. The minimum Gasteiger partial charge on any atom is -0.491 e. The number of hydrogen-bond acceptors (Lipinski definition) is 6. The van der Waals surface area contributed by atoms with Crippen LogP contribution in [0.25, 0.3) is 0 Å². The summed E-state index contributed by atoms with van der Waals surface area (Å²) in [5.41, 5.74) is 1.18. The number of aromatic nitrogens is 2. The Kier molecular flexibility index (Phi) is 4.76. The van der Waals surface area contributed by atoms with Crippen LogP contribution in [0.5, 0.6) is 17.2 Å². The fourth-order valence-corrected chi connectivity index (χ4v) is 3.48. The molecule has 0 amide bonds. The van der Waals surface area contributed by atoms with Crippen molar-refractivity contribution in [3.8, 4) is 17.2 Å². The molecule has 0 aliphatic carbocycles. The topological polar surface area (TPSA) is 79.8 Å². The zero-order chi connectivity index (χ0) is 17.1. The van der Waals surface area contributed by atoms with Gasteiger partial charge in [0.25, 0.3) is 0 Å². The van der Waals surface area contributed by atoms with E-state index >= 15 is 0 Å². The summed E-state index contributed by atoms with van der Waals surface area (Å²) in [6.45, 7) is 3.04. The van der Waals surface area contributed by atoms with E-state index in [9.17, 15) is 5.11 Å². The van der Waals surface area contributed by atoms with E-state index in [0.717, 1.165) is 31.7 Å². The van der Waals surface area contributed by atoms with Crippen molar-refractivity contribution in [2.75, 3.05) is 33.0 Å². The summed E-state index contributed by atoms with van der Waals surface area (Å²) in [6, 6.07) is 7.48. The molecule has 1 aromatic carbocycles. The van der Waals surface area contributed by atoms with E-state index in [-0.39, 0.29) is 13.4 Å². The van der Waals surface area contributed by atoms with Crippen molar-refractivity contribution in [3.05, 3.63) is 36.2 Å². The number of piperidine rings is 1. The predicted molar refractivity (Wildman–Crippen MR) is 91.1 cm³/mol. The summed E-state index contributed by atoms with van der Waals surface area (Å²) in [6.07, 6.45) is 3.54. The van der Waals surface area contributed by atoms with Crippen LogP contribution in [0.4, 0.5) is 0 Å². The molecular weight excluding hydrogens is 322 g/mol. The number of nitrogens with zero attached hydrogens (tertiary/aromatic N) is 2. The molecule has 2 aliphatic rings. The van der Waals surface area contributed by atoms with Crippen molar-refractivity contribution in [1.82, 2.24) is 15.1 Å². The lowest BCUT2D eigenvalue weighted by Gasteiger charge is -2.33. The van der Waals surface area contributed by atoms with Crippen molar-refractivity contribution in [3.63, 3.8) is 0 Å². The molecule has 0 spiro atoms. The van der Waals surface area contributed by atoms with Gasteiger partial charge in [0, 0.05) is 37.0 Å². The zero-order valence-electron chi connectivity index (χ0n) is 14.1. The largest absolute Gasteiger partial charge is 0.491 e. The summed E-state index contributed by atoms with van der Waals surface area (Å²) in [5.74, 6) is 2.55. The van der Waals surface area contributed by atoms with Crippen LogP contribution in [0.2, 0.25) is 0 Å². The van der Waals surface area contributed by atoms with Gasteiger partial charge in [-0.15, -0.1) is 0 Å². The number of fused-ring (bicyclic) bond motifs is 1. The Bertz CT molecular complexity index is 692. The van der Waals surface area contributed by atoms with Gasteiger partial charge in [-0.25, -0.2) is 0 Å². The number of rotatable bonds is 6. The second-order valence-corrected chi connectivity index (χ2v) is 6.59. The molecule has 2 aliphatic heterocycles. The van der Waals surface area contributed by atoms with Crippen LogP contribution in [0, 0.1) is 0 Å². The highest BCUT2D eigenvalue weighted by molar-refractivity contribution is 5.46. The number of H-pyrrole nitrogens is 1. The molecular formula is C18H23N3O4. The lowest BCUT2D eigenvalue weighted by Crippen LogP contribution is -2.41. The normalized spacial score (nSPS) is 21.2. The predicted octanol–water partition coefficient (Wildman–Crippen LogP) is 1.76. The van der Waals surface area contributed by atoms with E-state index in [4.69, 9.17) is 14.2 Å². The molecule has 1 fully saturated rings. The number of likely N-dealkylation sites (tertiary alicyclic amines) is 1. The Balaban J connectivity index is 1.26. The maximum atomic E-state index is 10.3. The van der Waals surface area contributed by atoms with Crippen LogP contribution >= 0.6 is 0 Å². The van der Waals surface area contributed by atoms with Crippen LogP contribution in [0.3, 0.4) is 0 Å². The Morgan fingerprint density at radius 3 is 3.12 bits per heavy atom. The van der Waals surface area contributed by atoms with Gasteiger partial charge in [-0.05, 0) is 37.6 Å². The van der Waals surface area contributed by atoms with E-state index in [1.165, 1.54) is 5.69 Å². The molecule has 4 rings (SSSR count). The van der Waals surface area contributed by atoms with Gasteiger partial charge in [0.1, 0.15) is 18.5 Å². The molecule has 1 aromatic heterocycles. The van der Waals surface area contributed by atoms with E-state index in [1.54, 1.807) is 12.3 Å². The maximum Gasteiger partial charge on any atom is 0.231 e. The highest BCUT2D eigenvalue weighted by Crippen LogP contribution is 2.35. The molecule has 25 heavy (non-hydrogen) atoms. The molecule has 2 N–H and O–H groups in total. The van der Waals surface area contributed by atoms with Crippen molar-refractivity contribution >= 4 is 0 Å². The highest BCUT2D eigenvalue weighted by atomic mass is 16.7. The highest BCUT2D eigenvalue weighted by Gasteiger charge is 2.24. The van der Waals surface area contributed by atoms with Crippen molar-refractivity contribution in [2.45, 2.75) is 24.9 Å². The molecule has 1 saturated heterocycles. The Hall–Kier alpha value is -2.25. The molecule has 3 heterocycles. The number of β-amino-alcohol motifs (C(OH)–C–C–N with tert-alkyl or cyclic N) is 1. The zero-order valence-corrected chi connectivity index (χ0v) is 14.1. The van der Waals surface area contributed by atoms with Crippen molar-refractivity contribution < 1.29 is 19.3 Å². The fourth-order valence-electron chi connectivity index (χ4n) is 3.48. The summed E-state index contributed by atoms with van der Waals surface area (Å²) in [7, 11) is 0. The molecule has 7 nitrogen and oxygen atoms in total. The Labute approximate surface area is 146 Å². The summed E-state index contributed by atoms with van der Waals surface area (Å²) >= 11 is 0. The fraction of sp³-hybridized carbons (Fsp3) is 0.500. The number of aliphatic hydroxyl groups is 1. The average molecular weight is 345 g/mol. The van der Waals surface area contributed by atoms with Crippen LogP contribution < -0.4 is 14.2 Å². The van der Waals surface area contributed by atoms with E-state index in [0.29, 0.717) is 24.0 Å². The smallest absolute Gasteiger partial charge is 0.231 e. The van der Waals surface area contributed by atoms with E-state index in [1.807, 2.05) is 18.2 Å². The molecule has 134 valence electrons. The number of ether oxygens (including phenoxy) is 3. The van der Waals surface area contributed by atoms with Gasteiger partial charge in [0.2, 0.25) is 6.79 Å². The van der Waals surface area contributed by atoms with E-state index in [2.05, 4.69) is 15.1 Å². The van der Waals surface area contributed by atoms with Crippen molar-refractivity contribution in [1.29, 1.82) is 0 Å². The Morgan fingerprint density at radius 1 is 1.32 bits per heavy atom. The van der Waals surface area contributed by atoms with Crippen LogP contribution in [-0.2, 0) is 0 Å². The van der Waals surface area contributed by atoms with Crippen LogP contribution in [0.15, 0.2) is 30.5 Å². The maximum absolute atomic E-state index is 10.3. The lowest BCUT2D eigenvalue weighted by molar-refractivity contribution is 0.0580. The van der Waals surface area contributed by atoms with Gasteiger partial charge in [0.05, 0.1) is 0 Å². The SMILES string of the molecule is O[C@H](COc1ccc2c(c1)OCO2)CN1CCC[C@@H](c2ccn[nH]2)C1. The summed E-state index contributed by atoms with van der Waals surface area (Å²) < 4.78 is 16.3. The number of benzene rings is 1. The number of aromatic amines is 1. The minimum atomic E-state index is -0.536. The third kappa shape index (κ3) is 3.88. The first-order chi connectivity index (χ1) is 12.3. The molecule has 2 aromatic rings. The Morgan fingerprint density at radius 2 is 2.24 bits per heavy atom. The molecule has 0 saturated carbocycles. The lowest BCUT2D eigenvalue weighted by atomic mass is 9.95. The first-order valence-corrected chi connectivity index (χ1v) is 8.70. The van der Waals surface area contributed by atoms with Gasteiger partial charge < -0.3 is 19.3 Å². The number of aliphatic hydroxyl groups excluding tert-OH is 1. The van der Waals surface area contributed by atoms with Gasteiger partial charge in [-0.1, -0.05) is 0 Å². The van der Waals surface area contributed by atoms with Gasteiger partial charge >= 0.3 is 0 Å². The van der Waals surface area contributed by atoms with Gasteiger partial charge in [0.15, 0.2) is 11.5 Å². The van der Waals surface area contributed by atoms with Crippen LogP contribution in [-0.4, -0.2) is 59.3 Å². The average Bonchev–Trinajstić information content (AvgIpc) is 3.31. The minimum absolute atomic E-state index is 0.244. The second-order valence-electron chi connectivity index (χ2n) is 6.59. The first kappa shape index (κ1) is 16.2. The van der Waals surface area contributed by atoms with Crippen molar-refractivity contribution in [2.24, 2.45) is 0 Å². The number of nitrogens with one attached hydrogen (secondary N) is 1. The standard InChI is InChI=1S/C18H23N3O4/c22-14(11-23-15-3-4-17-18(8-15)25-12-24-17)10-21-7-1-2-13(9-21)16-5-6-19-20-16/h3-6,8,13-14,22H,1-2,7,9-12H2,(H,19,20)/t13-,14+/m1/s1. The monoisotopic (exact) mass is 345 g/mol. The van der Waals surface area contributed by atoms with Gasteiger partial charge in [-0.2, -0.15) is 5.10 Å². The summed E-state index contributed by atoms with van der Waals surface area (Å²) in [4.78, 5) is 2.29. The third-order valence-corrected chi connectivity index (χ3v) is 4.72. The second kappa shape index (κ2) is 7.33. The van der Waals surface area contributed by atoms with E-state index < -0.39 is 6.10 Å². The number of hydrogen-bond donors (Lipinski definition) is 2. The quantitative estimate of drug-likeness (QED) is 0.830. The third-order valence-electron chi connectivity index (χ3n) is 4.72. The molecule has 0 bridgehead atoms. The molecule has 0 unspecified atom stereocenters. The molecule has 2 atom stereocenters. The first-order valence-electron chi connectivity index (χ1n) is 8.70. The van der Waals surface area contributed by atoms with Gasteiger partial charge in [-0.3, -0.25) is 10.00 Å². The molecule has 7 heteroatoms. The molecule has 0 radical (unpaired) electrons.